The lowest BCUT2D eigenvalue weighted by atomic mass is 10.2. The van der Waals surface area contributed by atoms with Gasteiger partial charge in [-0.15, -0.1) is 0 Å². The van der Waals surface area contributed by atoms with Crippen molar-refractivity contribution >= 4 is 11.8 Å². The highest BCUT2D eigenvalue weighted by atomic mass is 16.7. The Hall–Kier alpha value is -1.92. The van der Waals surface area contributed by atoms with Crippen LogP contribution in [0.4, 0.5) is 0 Å². The fourth-order valence-corrected chi connectivity index (χ4v) is 2.31. The molecule has 1 aromatic carbocycles. The summed E-state index contributed by atoms with van der Waals surface area (Å²) in [6.45, 7) is 2.35. The van der Waals surface area contributed by atoms with Gasteiger partial charge in [0.2, 0.25) is 0 Å². The van der Waals surface area contributed by atoms with E-state index in [4.69, 9.17) is 18.9 Å². The lowest BCUT2D eigenvalue weighted by molar-refractivity contribution is -0.187. The summed E-state index contributed by atoms with van der Waals surface area (Å²) < 4.78 is 22.1. The average Bonchev–Trinajstić information content (AvgIpc) is 2.58. The molecular formula is C18H24O6. The van der Waals surface area contributed by atoms with E-state index in [0.717, 1.165) is 19.3 Å². The molecule has 0 aliphatic carbocycles. The first kappa shape index (κ1) is 18.4. The fraction of sp³-hybridized carbons (Fsp3) is 0.556. The van der Waals surface area contributed by atoms with Crippen LogP contribution in [-0.4, -0.2) is 44.0 Å². The highest BCUT2D eigenvalue weighted by Gasteiger charge is 2.21. The number of carbonyl (C=O) groups is 2. The Morgan fingerprint density at radius 3 is 2.67 bits per heavy atom. The van der Waals surface area contributed by atoms with Gasteiger partial charge in [-0.3, -0.25) is 9.59 Å². The highest BCUT2D eigenvalue weighted by Crippen LogP contribution is 2.15. The standard InChI is InChI=1S/C18H24O6/c1-14(19)11-17(20)24-16(12-22-15-7-3-2-4-8-15)13-23-18-9-5-6-10-21-18/h2-4,7-8,16,18H,5-6,9-13H2,1H3. The molecule has 1 heterocycles. The number of hydrogen-bond donors (Lipinski definition) is 0. The smallest absolute Gasteiger partial charge is 0.313 e. The molecule has 0 N–H and O–H groups in total. The Balaban J connectivity index is 1.84. The summed E-state index contributed by atoms with van der Waals surface area (Å²) in [5.41, 5.74) is 0. The second kappa shape index (κ2) is 10.1. The molecule has 0 saturated carbocycles. The molecule has 2 atom stereocenters. The SMILES string of the molecule is CC(=O)CC(=O)OC(COc1ccccc1)COC1CCCCO1. The van der Waals surface area contributed by atoms with Gasteiger partial charge in [0.1, 0.15) is 24.6 Å². The molecule has 1 fully saturated rings. The number of benzene rings is 1. The average molecular weight is 336 g/mol. The van der Waals surface area contributed by atoms with Crippen LogP contribution in [0.2, 0.25) is 0 Å². The number of ketones is 1. The second-order valence-corrected chi connectivity index (χ2v) is 5.74. The third-order valence-corrected chi connectivity index (χ3v) is 3.48. The van der Waals surface area contributed by atoms with Crippen LogP contribution < -0.4 is 4.74 Å². The summed E-state index contributed by atoms with van der Waals surface area (Å²) in [5.74, 6) is -0.129. The molecule has 1 saturated heterocycles. The second-order valence-electron chi connectivity index (χ2n) is 5.74. The van der Waals surface area contributed by atoms with Crippen LogP contribution in [0.5, 0.6) is 5.75 Å². The first-order valence-corrected chi connectivity index (χ1v) is 8.23. The monoisotopic (exact) mass is 336 g/mol. The van der Waals surface area contributed by atoms with E-state index in [0.29, 0.717) is 12.4 Å². The topological polar surface area (TPSA) is 71.1 Å². The lowest BCUT2D eigenvalue weighted by Gasteiger charge is -2.25. The fourth-order valence-electron chi connectivity index (χ4n) is 2.31. The van der Waals surface area contributed by atoms with E-state index in [1.807, 2.05) is 30.3 Å². The predicted molar refractivity (Wildman–Crippen MR) is 86.7 cm³/mol. The van der Waals surface area contributed by atoms with Gasteiger partial charge in [-0.2, -0.15) is 0 Å². The zero-order valence-electron chi connectivity index (χ0n) is 13.9. The molecule has 2 unspecified atom stereocenters. The van der Waals surface area contributed by atoms with Crippen molar-refractivity contribution in [3.05, 3.63) is 30.3 Å². The number of hydrogen-bond acceptors (Lipinski definition) is 6. The van der Waals surface area contributed by atoms with E-state index >= 15 is 0 Å². The maximum atomic E-state index is 11.7. The molecule has 0 bridgehead atoms. The molecule has 6 nitrogen and oxygen atoms in total. The molecule has 0 amide bonds. The number of rotatable bonds is 9. The van der Waals surface area contributed by atoms with E-state index in [1.165, 1.54) is 6.92 Å². The van der Waals surface area contributed by atoms with Gasteiger partial charge in [0, 0.05) is 6.61 Å². The van der Waals surface area contributed by atoms with Crippen molar-refractivity contribution in [2.24, 2.45) is 0 Å². The zero-order valence-corrected chi connectivity index (χ0v) is 13.9. The molecule has 0 spiro atoms. The molecule has 1 aliphatic heterocycles. The molecule has 0 aromatic heterocycles. The Labute approximate surface area is 142 Å². The summed E-state index contributed by atoms with van der Waals surface area (Å²) in [4.78, 5) is 22.8. The summed E-state index contributed by atoms with van der Waals surface area (Å²) in [7, 11) is 0. The maximum absolute atomic E-state index is 11.7. The molecule has 0 radical (unpaired) electrons. The Bertz CT molecular complexity index is 510. The summed E-state index contributed by atoms with van der Waals surface area (Å²) in [5, 5.41) is 0. The minimum absolute atomic E-state index is 0.153. The molecule has 1 aromatic rings. The normalized spacial score (nSPS) is 18.6. The van der Waals surface area contributed by atoms with Crippen LogP contribution in [-0.2, 0) is 23.8 Å². The van der Waals surface area contributed by atoms with E-state index in [-0.39, 0.29) is 31.7 Å². The number of carbonyl (C=O) groups excluding carboxylic acids is 2. The molecule has 6 heteroatoms. The van der Waals surface area contributed by atoms with E-state index in [9.17, 15) is 9.59 Å². The van der Waals surface area contributed by atoms with Crippen molar-refractivity contribution in [2.45, 2.75) is 45.0 Å². The van der Waals surface area contributed by atoms with Crippen molar-refractivity contribution in [3.63, 3.8) is 0 Å². The highest BCUT2D eigenvalue weighted by molar-refractivity contribution is 5.94. The van der Waals surface area contributed by atoms with Crippen molar-refractivity contribution in [2.75, 3.05) is 19.8 Å². The number of esters is 1. The summed E-state index contributed by atoms with van der Waals surface area (Å²) >= 11 is 0. The van der Waals surface area contributed by atoms with Crippen molar-refractivity contribution < 1.29 is 28.5 Å². The van der Waals surface area contributed by atoms with E-state index in [2.05, 4.69) is 0 Å². The minimum atomic E-state index is -0.595. The largest absolute Gasteiger partial charge is 0.490 e. The predicted octanol–water partition coefficient (Wildman–Crippen LogP) is 2.50. The van der Waals surface area contributed by atoms with Gasteiger partial charge in [-0.05, 0) is 38.3 Å². The van der Waals surface area contributed by atoms with E-state index < -0.39 is 12.1 Å². The Morgan fingerprint density at radius 1 is 1.21 bits per heavy atom. The van der Waals surface area contributed by atoms with E-state index in [1.54, 1.807) is 0 Å². The van der Waals surface area contributed by atoms with Crippen LogP contribution in [0.1, 0.15) is 32.6 Å². The van der Waals surface area contributed by atoms with Gasteiger partial charge in [0.25, 0.3) is 0 Å². The Morgan fingerprint density at radius 2 is 2.00 bits per heavy atom. The molecule has 1 aliphatic rings. The van der Waals surface area contributed by atoms with Crippen LogP contribution >= 0.6 is 0 Å². The lowest BCUT2D eigenvalue weighted by Crippen LogP contribution is -2.33. The number of Topliss-reactive ketones (excluding diaryl/α,β-unsaturated/α-hetero) is 1. The molecule has 2 rings (SSSR count). The maximum Gasteiger partial charge on any atom is 0.313 e. The molecule has 132 valence electrons. The van der Waals surface area contributed by atoms with Crippen molar-refractivity contribution in [1.29, 1.82) is 0 Å². The molecular weight excluding hydrogens is 312 g/mol. The quantitative estimate of drug-likeness (QED) is 0.510. The third-order valence-electron chi connectivity index (χ3n) is 3.48. The van der Waals surface area contributed by atoms with Crippen LogP contribution in [0, 0.1) is 0 Å². The number of ether oxygens (including phenoxy) is 4. The zero-order chi connectivity index (χ0) is 17.2. The number of para-hydroxylation sites is 1. The first-order valence-electron chi connectivity index (χ1n) is 8.23. The summed E-state index contributed by atoms with van der Waals surface area (Å²) in [6.07, 6.45) is 1.80. The van der Waals surface area contributed by atoms with Gasteiger partial charge in [0.15, 0.2) is 12.4 Å². The van der Waals surface area contributed by atoms with Gasteiger partial charge in [0.05, 0.1) is 6.61 Å². The van der Waals surface area contributed by atoms with Crippen LogP contribution in [0.15, 0.2) is 30.3 Å². The molecule has 24 heavy (non-hydrogen) atoms. The van der Waals surface area contributed by atoms with Gasteiger partial charge in [-0.25, -0.2) is 0 Å². The first-order chi connectivity index (χ1) is 11.6. The summed E-state index contributed by atoms with van der Waals surface area (Å²) in [6, 6.07) is 9.25. The van der Waals surface area contributed by atoms with Gasteiger partial charge >= 0.3 is 5.97 Å². The minimum Gasteiger partial charge on any atom is -0.490 e. The van der Waals surface area contributed by atoms with Crippen molar-refractivity contribution in [1.82, 2.24) is 0 Å². The van der Waals surface area contributed by atoms with Crippen LogP contribution in [0.3, 0.4) is 0 Å². The van der Waals surface area contributed by atoms with Gasteiger partial charge < -0.3 is 18.9 Å². The van der Waals surface area contributed by atoms with Crippen LogP contribution in [0.25, 0.3) is 0 Å². The third kappa shape index (κ3) is 7.10. The van der Waals surface area contributed by atoms with Crippen molar-refractivity contribution in [3.8, 4) is 5.75 Å². The van der Waals surface area contributed by atoms with Gasteiger partial charge in [-0.1, -0.05) is 18.2 Å². The Kier molecular flexibility index (Phi) is 7.71.